The quantitative estimate of drug-likeness (QED) is 0.733. The van der Waals surface area contributed by atoms with Gasteiger partial charge in [-0.2, -0.15) is 0 Å². The summed E-state index contributed by atoms with van der Waals surface area (Å²) in [5.74, 6) is 1.96. The van der Waals surface area contributed by atoms with Crippen LogP contribution in [0.1, 0.15) is 34.6 Å². The van der Waals surface area contributed by atoms with Crippen molar-refractivity contribution in [2.24, 2.45) is 0 Å². The highest BCUT2D eigenvalue weighted by atomic mass is 28.4. The Morgan fingerprint density at radius 3 is 1.89 bits per heavy atom. The van der Waals surface area contributed by atoms with Crippen molar-refractivity contribution in [3.63, 3.8) is 0 Å². The summed E-state index contributed by atoms with van der Waals surface area (Å²) in [4.78, 5) is 0. The third kappa shape index (κ3) is 4.23. The highest BCUT2D eigenvalue weighted by Crippen LogP contribution is 2.36. The monoisotopic (exact) mass is 270 g/mol. The largest absolute Gasteiger partial charge is 0.486 e. The van der Waals surface area contributed by atoms with Crippen LogP contribution in [-0.4, -0.2) is 32.7 Å². The topological polar surface area (TPSA) is 27.7 Å². The summed E-state index contributed by atoms with van der Waals surface area (Å²) in [6.07, 6.45) is 2.14. The maximum absolute atomic E-state index is 5.94. The van der Waals surface area contributed by atoms with Crippen LogP contribution in [0.5, 0.6) is 0 Å². The van der Waals surface area contributed by atoms with Gasteiger partial charge in [-0.25, -0.2) is 0 Å². The van der Waals surface area contributed by atoms with Gasteiger partial charge in [0, 0.05) is 0 Å². The van der Waals surface area contributed by atoms with Crippen LogP contribution in [0, 0.1) is 0 Å². The molecule has 0 bridgehead atoms. The molecule has 0 unspecified atom stereocenters. The van der Waals surface area contributed by atoms with E-state index in [2.05, 4.69) is 54.3 Å². The SMILES string of the molecule is C[C@H](/C=C/B1OC(C)(C)C(C)(C)O1)O[Si](C)(C)C. The molecule has 5 heteroatoms. The lowest BCUT2D eigenvalue weighted by Crippen LogP contribution is -2.41. The normalized spacial score (nSPS) is 24.8. The molecule has 1 heterocycles. The summed E-state index contributed by atoms with van der Waals surface area (Å²) in [7, 11) is -1.76. The smallest absolute Gasteiger partial charge is 0.412 e. The van der Waals surface area contributed by atoms with Gasteiger partial charge in [-0.1, -0.05) is 12.1 Å². The van der Waals surface area contributed by atoms with E-state index >= 15 is 0 Å². The fourth-order valence-corrected chi connectivity index (χ4v) is 3.01. The van der Waals surface area contributed by atoms with Gasteiger partial charge < -0.3 is 13.7 Å². The molecule has 1 fully saturated rings. The molecule has 3 nitrogen and oxygen atoms in total. The van der Waals surface area contributed by atoms with E-state index in [0.717, 1.165) is 0 Å². The molecule has 0 amide bonds. The third-order valence-corrected chi connectivity index (χ3v) is 4.43. The number of hydrogen-bond acceptors (Lipinski definition) is 3. The van der Waals surface area contributed by atoms with Gasteiger partial charge in [-0.3, -0.25) is 0 Å². The fourth-order valence-electron chi connectivity index (χ4n) is 1.81. The van der Waals surface area contributed by atoms with Gasteiger partial charge in [-0.05, 0) is 54.3 Å². The van der Waals surface area contributed by atoms with Gasteiger partial charge in [0.05, 0.1) is 17.3 Å². The Bertz CT molecular complexity index is 305. The van der Waals surface area contributed by atoms with Crippen LogP contribution in [-0.2, 0) is 13.7 Å². The van der Waals surface area contributed by atoms with Crippen LogP contribution < -0.4 is 0 Å². The molecule has 0 aromatic heterocycles. The first-order chi connectivity index (χ1) is 7.93. The van der Waals surface area contributed by atoms with E-state index in [1.165, 1.54) is 0 Å². The van der Waals surface area contributed by atoms with Crippen LogP contribution in [0.25, 0.3) is 0 Å². The molecule has 18 heavy (non-hydrogen) atoms. The fraction of sp³-hybridized carbons (Fsp3) is 0.846. The van der Waals surface area contributed by atoms with Gasteiger partial charge >= 0.3 is 7.12 Å². The van der Waals surface area contributed by atoms with Crippen molar-refractivity contribution in [3.8, 4) is 0 Å². The highest BCUT2D eigenvalue weighted by Gasteiger charge is 2.50. The van der Waals surface area contributed by atoms with Crippen LogP contribution in [0.2, 0.25) is 19.6 Å². The minimum atomic E-state index is -1.49. The second-order valence-electron chi connectivity index (χ2n) is 6.94. The summed E-state index contributed by atoms with van der Waals surface area (Å²) >= 11 is 0. The first kappa shape index (κ1) is 16.0. The molecule has 0 saturated carbocycles. The van der Waals surface area contributed by atoms with Crippen molar-refractivity contribution < 1.29 is 13.7 Å². The predicted octanol–water partition coefficient (Wildman–Crippen LogP) is 3.41. The minimum absolute atomic E-state index is 0.107. The van der Waals surface area contributed by atoms with E-state index in [1.54, 1.807) is 0 Å². The zero-order valence-electron chi connectivity index (χ0n) is 13.0. The van der Waals surface area contributed by atoms with E-state index in [4.69, 9.17) is 13.7 Å². The lowest BCUT2D eigenvalue weighted by molar-refractivity contribution is 0.00578. The molecule has 0 N–H and O–H groups in total. The van der Waals surface area contributed by atoms with Gasteiger partial charge in [0.2, 0.25) is 0 Å². The predicted molar refractivity (Wildman–Crippen MR) is 79.1 cm³/mol. The average molecular weight is 270 g/mol. The van der Waals surface area contributed by atoms with Gasteiger partial charge in [0.25, 0.3) is 0 Å². The highest BCUT2D eigenvalue weighted by molar-refractivity contribution is 6.69. The summed E-state index contributed by atoms with van der Waals surface area (Å²) in [5.41, 5.74) is -0.546. The standard InChI is InChI=1S/C13H27BO3Si/c1-11(15-18(6,7)8)9-10-14-16-12(2,3)13(4,5)17-14/h9-11H,1-8H3/b10-9+/t11-/m1/s1. The first-order valence-corrected chi connectivity index (χ1v) is 10.1. The van der Waals surface area contributed by atoms with Gasteiger partial charge in [-0.15, -0.1) is 0 Å². The zero-order valence-corrected chi connectivity index (χ0v) is 14.0. The number of rotatable bonds is 4. The Morgan fingerprint density at radius 2 is 1.50 bits per heavy atom. The van der Waals surface area contributed by atoms with Gasteiger partial charge in [0.15, 0.2) is 8.32 Å². The molecule has 1 aliphatic rings. The molecule has 1 aliphatic heterocycles. The Hall–Kier alpha value is -0.0982. The molecule has 104 valence electrons. The van der Waals surface area contributed by atoms with Crippen LogP contribution in [0.4, 0.5) is 0 Å². The molecule has 0 radical (unpaired) electrons. The van der Waals surface area contributed by atoms with E-state index in [-0.39, 0.29) is 24.4 Å². The lowest BCUT2D eigenvalue weighted by Gasteiger charge is -2.32. The maximum Gasteiger partial charge on any atom is 0.486 e. The third-order valence-electron chi connectivity index (χ3n) is 3.35. The van der Waals surface area contributed by atoms with E-state index in [9.17, 15) is 0 Å². The zero-order chi connectivity index (χ0) is 14.2. The van der Waals surface area contributed by atoms with Crippen LogP contribution >= 0.6 is 0 Å². The summed E-state index contributed by atoms with van der Waals surface area (Å²) in [5, 5.41) is 0. The molecular weight excluding hydrogens is 243 g/mol. The lowest BCUT2D eigenvalue weighted by atomic mass is 9.89. The molecular formula is C13H27BO3Si. The Kier molecular flexibility index (Phi) is 4.54. The van der Waals surface area contributed by atoms with Crippen molar-refractivity contribution in [2.45, 2.75) is 71.6 Å². The van der Waals surface area contributed by atoms with Gasteiger partial charge in [0.1, 0.15) is 0 Å². The van der Waals surface area contributed by atoms with Crippen LogP contribution in [0.15, 0.2) is 12.1 Å². The molecule has 1 saturated heterocycles. The second-order valence-corrected chi connectivity index (χ2v) is 11.4. The molecule has 1 atom stereocenters. The second kappa shape index (κ2) is 5.12. The summed E-state index contributed by atoms with van der Waals surface area (Å²) in [6, 6.07) is 0. The summed E-state index contributed by atoms with van der Waals surface area (Å²) in [6.45, 7) is 16.8. The van der Waals surface area contributed by atoms with Crippen molar-refractivity contribution in [2.75, 3.05) is 0 Å². The average Bonchev–Trinajstić information content (AvgIpc) is 2.29. The van der Waals surface area contributed by atoms with Crippen molar-refractivity contribution in [1.82, 2.24) is 0 Å². The molecule has 0 aromatic rings. The molecule has 0 aromatic carbocycles. The maximum atomic E-state index is 5.94. The molecule has 0 spiro atoms. The molecule has 0 aliphatic carbocycles. The Morgan fingerprint density at radius 1 is 1.06 bits per heavy atom. The first-order valence-electron chi connectivity index (χ1n) is 6.65. The van der Waals surface area contributed by atoms with E-state index in [0.29, 0.717) is 0 Å². The summed E-state index contributed by atoms with van der Waals surface area (Å²) < 4.78 is 17.7. The van der Waals surface area contributed by atoms with E-state index in [1.807, 2.05) is 12.1 Å². The molecule has 1 rings (SSSR count). The van der Waals surface area contributed by atoms with Crippen molar-refractivity contribution >= 4 is 15.4 Å². The van der Waals surface area contributed by atoms with Crippen molar-refractivity contribution in [1.29, 1.82) is 0 Å². The van der Waals surface area contributed by atoms with Crippen molar-refractivity contribution in [3.05, 3.63) is 12.1 Å². The number of hydrogen-bond donors (Lipinski definition) is 0. The Labute approximate surface area is 113 Å². The van der Waals surface area contributed by atoms with E-state index < -0.39 is 8.32 Å². The Balaban J connectivity index is 2.55. The minimum Gasteiger partial charge on any atom is -0.412 e. The van der Waals surface area contributed by atoms with Crippen LogP contribution in [0.3, 0.4) is 0 Å².